The standard InChI is InChI=1S/C18H15N3/c19-13-7-12-17-14-18(15-8-3-1-4-9-15)20-21(17)16-10-5-2-6-11-16/h1-12,17H,14H2. The van der Waals surface area contributed by atoms with Crippen molar-refractivity contribution in [2.45, 2.75) is 12.5 Å². The fraction of sp³-hybridized carbons (Fsp3) is 0.111. The second kappa shape index (κ2) is 6.06. The molecule has 0 N–H and O–H groups in total. The first-order chi connectivity index (χ1) is 10.4. The van der Waals surface area contributed by atoms with Crippen LogP contribution in [0.4, 0.5) is 5.69 Å². The van der Waals surface area contributed by atoms with Crippen LogP contribution in [0.3, 0.4) is 0 Å². The summed E-state index contributed by atoms with van der Waals surface area (Å²) >= 11 is 0. The summed E-state index contributed by atoms with van der Waals surface area (Å²) in [5.74, 6) is 0. The van der Waals surface area contributed by atoms with Gasteiger partial charge in [0.1, 0.15) is 0 Å². The summed E-state index contributed by atoms with van der Waals surface area (Å²) in [4.78, 5) is 0. The lowest BCUT2D eigenvalue weighted by Gasteiger charge is -2.20. The van der Waals surface area contributed by atoms with Crippen molar-refractivity contribution in [2.75, 3.05) is 5.01 Å². The zero-order valence-corrected chi connectivity index (χ0v) is 11.6. The zero-order valence-electron chi connectivity index (χ0n) is 11.6. The van der Waals surface area contributed by atoms with E-state index >= 15 is 0 Å². The number of allylic oxidation sites excluding steroid dienone is 1. The van der Waals surface area contributed by atoms with Gasteiger partial charge in [0.05, 0.1) is 23.5 Å². The minimum absolute atomic E-state index is 0.0854. The van der Waals surface area contributed by atoms with Gasteiger partial charge in [-0.3, -0.25) is 5.01 Å². The number of para-hydroxylation sites is 1. The molecule has 1 aliphatic rings. The molecule has 2 aromatic rings. The molecular formula is C18H15N3. The van der Waals surface area contributed by atoms with Gasteiger partial charge in [0.25, 0.3) is 0 Å². The van der Waals surface area contributed by atoms with Gasteiger partial charge in [-0.2, -0.15) is 10.4 Å². The Morgan fingerprint density at radius 3 is 2.38 bits per heavy atom. The number of anilines is 1. The van der Waals surface area contributed by atoms with Gasteiger partial charge < -0.3 is 0 Å². The third-order valence-corrected chi connectivity index (χ3v) is 3.47. The first-order valence-corrected chi connectivity index (χ1v) is 6.92. The van der Waals surface area contributed by atoms with Gasteiger partial charge in [-0.15, -0.1) is 0 Å². The van der Waals surface area contributed by atoms with Gasteiger partial charge in [-0.1, -0.05) is 48.5 Å². The van der Waals surface area contributed by atoms with Crippen molar-refractivity contribution < 1.29 is 0 Å². The molecule has 2 aromatic carbocycles. The molecule has 0 fully saturated rings. The van der Waals surface area contributed by atoms with Crippen molar-refractivity contribution in [2.24, 2.45) is 5.10 Å². The predicted octanol–water partition coefficient (Wildman–Crippen LogP) is 3.75. The van der Waals surface area contributed by atoms with E-state index in [1.807, 2.05) is 59.6 Å². The monoisotopic (exact) mass is 273 g/mol. The summed E-state index contributed by atoms with van der Waals surface area (Å²) in [7, 11) is 0. The molecule has 21 heavy (non-hydrogen) atoms. The van der Waals surface area contributed by atoms with E-state index < -0.39 is 0 Å². The fourth-order valence-electron chi connectivity index (χ4n) is 2.47. The van der Waals surface area contributed by atoms with E-state index in [9.17, 15) is 0 Å². The van der Waals surface area contributed by atoms with E-state index in [0.717, 1.165) is 23.4 Å². The number of hydrazone groups is 1. The van der Waals surface area contributed by atoms with Crippen molar-refractivity contribution in [3.8, 4) is 6.07 Å². The lowest BCUT2D eigenvalue weighted by atomic mass is 10.0. The Morgan fingerprint density at radius 1 is 1.05 bits per heavy atom. The minimum Gasteiger partial charge on any atom is -0.258 e. The number of rotatable bonds is 3. The SMILES string of the molecule is N#CC=CC1CC(c2ccccc2)=NN1c1ccccc1. The molecule has 0 bridgehead atoms. The van der Waals surface area contributed by atoms with Crippen molar-refractivity contribution in [3.63, 3.8) is 0 Å². The van der Waals surface area contributed by atoms with Crippen LogP contribution in [0.2, 0.25) is 0 Å². The molecule has 0 saturated heterocycles. The Morgan fingerprint density at radius 2 is 1.71 bits per heavy atom. The van der Waals surface area contributed by atoms with Gasteiger partial charge in [0.2, 0.25) is 0 Å². The first-order valence-electron chi connectivity index (χ1n) is 6.92. The maximum Gasteiger partial charge on any atom is 0.0909 e. The molecule has 1 aliphatic heterocycles. The Kier molecular flexibility index (Phi) is 3.79. The summed E-state index contributed by atoms with van der Waals surface area (Å²) in [6.07, 6.45) is 4.24. The molecule has 0 radical (unpaired) electrons. The Balaban J connectivity index is 1.95. The highest BCUT2D eigenvalue weighted by Crippen LogP contribution is 2.27. The van der Waals surface area contributed by atoms with Gasteiger partial charge in [-0.05, 0) is 23.8 Å². The van der Waals surface area contributed by atoms with E-state index in [-0.39, 0.29) is 6.04 Å². The largest absolute Gasteiger partial charge is 0.258 e. The van der Waals surface area contributed by atoms with E-state index in [4.69, 9.17) is 10.4 Å². The molecule has 1 heterocycles. The van der Waals surface area contributed by atoms with Crippen molar-refractivity contribution in [3.05, 3.63) is 78.4 Å². The number of benzene rings is 2. The normalized spacial score (nSPS) is 17.8. The molecule has 0 aliphatic carbocycles. The highest BCUT2D eigenvalue weighted by Gasteiger charge is 2.26. The molecular weight excluding hydrogens is 258 g/mol. The molecule has 3 rings (SSSR count). The summed E-state index contributed by atoms with van der Waals surface area (Å²) in [6, 6.07) is 22.4. The van der Waals surface area contributed by atoms with Crippen LogP contribution in [0.15, 0.2) is 77.9 Å². The van der Waals surface area contributed by atoms with E-state index in [0.29, 0.717) is 0 Å². The van der Waals surface area contributed by atoms with E-state index in [1.54, 1.807) is 0 Å². The summed E-state index contributed by atoms with van der Waals surface area (Å²) in [5.41, 5.74) is 3.22. The third kappa shape index (κ3) is 2.85. The lowest BCUT2D eigenvalue weighted by molar-refractivity contribution is 0.788. The van der Waals surface area contributed by atoms with Crippen LogP contribution in [0.25, 0.3) is 0 Å². The average molecular weight is 273 g/mol. The molecule has 102 valence electrons. The predicted molar refractivity (Wildman–Crippen MR) is 85.1 cm³/mol. The van der Waals surface area contributed by atoms with Gasteiger partial charge >= 0.3 is 0 Å². The van der Waals surface area contributed by atoms with Crippen LogP contribution >= 0.6 is 0 Å². The van der Waals surface area contributed by atoms with Crippen LogP contribution in [0.5, 0.6) is 0 Å². The Hall–Kier alpha value is -2.86. The topological polar surface area (TPSA) is 39.4 Å². The van der Waals surface area contributed by atoms with Crippen LogP contribution < -0.4 is 5.01 Å². The molecule has 0 amide bonds. The molecule has 3 nitrogen and oxygen atoms in total. The lowest BCUT2D eigenvalue weighted by Crippen LogP contribution is -2.23. The van der Waals surface area contributed by atoms with E-state index in [1.165, 1.54) is 6.08 Å². The second-order valence-corrected chi connectivity index (χ2v) is 4.85. The maximum absolute atomic E-state index is 8.77. The summed E-state index contributed by atoms with van der Waals surface area (Å²) < 4.78 is 0. The summed E-state index contributed by atoms with van der Waals surface area (Å²) in [5, 5.41) is 15.5. The molecule has 3 heteroatoms. The Bertz CT molecular complexity index is 696. The molecule has 1 atom stereocenters. The smallest absolute Gasteiger partial charge is 0.0909 e. The summed E-state index contributed by atoms with van der Waals surface area (Å²) in [6.45, 7) is 0. The highest BCUT2D eigenvalue weighted by molar-refractivity contribution is 6.03. The zero-order chi connectivity index (χ0) is 14.5. The van der Waals surface area contributed by atoms with Crippen LogP contribution in [-0.2, 0) is 0 Å². The fourth-order valence-corrected chi connectivity index (χ4v) is 2.47. The number of hydrogen-bond donors (Lipinski definition) is 0. The van der Waals surface area contributed by atoms with Gasteiger partial charge in [0, 0.05) is 12.5 Å². The maximum atomic E-state index is 8.77. The first kappa shape index (κ1) is 13.1. The third-order valence-electron chi connectivity index (χ3n) is 3.47. The molecule has 0 aromatic heterocycles. The second-order valence-electron chi connectivity index (χ2n) is 4.85. The Labute approximate surface area is 124 Å². The highest BCUT2D eigenvalue weighted by atomic mass is 15.5. The van der Waals surface area contributed by atoms with Gasteiger partial charge in [0.15, 0.2) is 0 Å². The van der Waals surface area contributed by atoms with Crippen molar-refractivity contribution >= 4 is 11.4 Å². The van der Waals surface area contributed by atoms with Gasteiger partial charge in [-0.25, -0.2) is 0 Å². The van der Waals surface area contributed by atoms with Crippen LogP contribution in [0, 0.1) is 11.3 Å². The average Bonchev–Trinajstić information content (AvgIpc) is 2.99. The van der Waals surface area contributed by atoms with E-state index in [2.05, 4.69) is 18.2 Å². The quantitative estimate of drug-likeness (QED) is 0.799. The van der Waals surface area contributed by atoms with Crippen molar-refractivity contribution in [1.29, 1.82) is 5.26 Å². The van der Waals surface area contributed by atoms with Crippen LogP contribution in [-0.4, -0.2) is 11.8 Å². The number of nitrogens with zero attached hydrogens (tertiary/aromatic N) is 3. The molecule has 0 saturated carbocycles. The number of nitriles is 1. The molecule has 0 spiro atoms. The number of hydrogen-bond acceptors (Lipinski definition) is 3. The molecule has 1 unspecified atom stereocenters. The minimum atomic E-state index is 0.0854. The van der Waals surface area contributed by atoms with Crippen LogP contribution in [0.1, 0.15) is 12.0 Å². The van der Waals surface area contributed by atoms with Crippen molar-refractivity contribution in [1.82, 2.24) is 0 Å².